The molecule has 0 spiro atoms. The zero-order chi connectivity index (χ0) is 21.2. The van der Waals surface area contributed by atoms with Crippen LogP contribution in [0, 0.1) is 0 Å². The third-order valence-corrected chi connectivity index (χ3v) is 4.07. The number of halogens is 4. The number of anilines is 1. The van der Waals surface area contributed by atoms with E-state index in [1.807, 2.05) is 0 Å². The van der Waals surface area contributed by atoms with Gasteiger partial charge in [-0.25, -0.2) is 14.0 Å². The standard InChI is InChI=1S/C16H18ClF3N4O4/c1-3-27-14(28-4-2)9-7-8(5-6-10(9)17)23-13(25)11(21)12(16(18,19)20)24(22)15(23)26/h5-7,14H,3-4,21-22H2,1-2H3. The van der Waals surface area contributed by atoms with Crippen molar-refractivity contribution in [3.8, 4) is 5.69 Å². The molecule has 28 heavy (non-hydrogen) atoms. The molecule has 0 aliphatic carbocycles. The molecular formula is C16H18ClF3N4O4. The van der Waals surface area contributed by atoms with E-state index >= 15 is 0 Å². The predicted molar refractivity (Wildman–Crippen MR) is 96.9 cm³/mol. The van der Waals surface area contributed by atoms with Crippen LogP contribution >= 0.6 is 11.6 Å². The first kappa shape index (κ1) is 21.8. The summed E-state index contributed by atoms with van der Waals surface area (Å²) >= 11 is 6.15. The molecule has 1 heterocycles. The number of benzene rings is 1. The molecule has 0 aliphatic rings. The molecule has 2 rings (SSSR count). The molecular weight excluding hydrogens is 405 g/mol. The van der Waals surface area contributed by atoms with Crippen molar-refractivity contribution in [2.75, 3.05) is 24.8 Å². The number of hydrogen-bond acceptors (Lipinski definition) is 6. The van der Waals surface area contributed by atoms with Gasteiger partial charge in [0.05, 0.1) is 5.69 Å². The van der Waals surface area contributed by atoms with Crippen molar-refractivity contribution < 1.29 is 22.6 Å². The molecule has 1 aromatic heterocycles. The molecule has 0 bridgehead atoms. The number of alkyl halides is 3. The molecule has 0 saturated carbocycles. The van der Waals surface area contributed by atoms with Crippen LogP contribution in [0.4, 0.5) is 18.9 Å². The normalized spacial score (nSPS) is 12.0. The summed E-state index contributed by atoms with van der Waals surface area (Å²) in [4.78, 5) is 24.8. The first-order valence-electron chi connectivity index (χ1n) is 8.07. The molecule has 154 valence electrons. The van der Waals surface area contributed by atoms with Crippen molar-refractivity contribution in [3.05, 3.63) is 55.3 Å². The average molecular weight is 423 g/mol. The number of aromatic nitrogens is 2. The number of rotatable bonds is 6. The van der Waals surface area contributed by atoms with Crippen molar-refractivity contribution in [2.45, 2.75) is 26.3 Å². The molecule has 0 saturated heterocycles. The number of hydrogen-bond donors (Lipinski definition) is 2. The lowest BCUT2D eigenvalue weighted by Crippen LogP contribution is -2.46. The summed E-state index contributed by atoms with van der Waals surface area (Å²) in [7, 11) is 0. The third-order valence-electron chi connectivity index (χ3n) is 3.72. The highest BCUT2D eigenvalue weighted by Crippen LogP contribution is 2.31. The van der Waals surface area contributed by atoms with Crippen LogP contribution in [0.3, 0.4) is 0 Å². The van der Waals surface area contributed by atoms with Crippen LogP contribution in [0.1, 0.15) is 31.4 Å². The van der Waals surface area contributed by atoms with E-state index in [2.05, 4.69) is 0 Å². The number of nitrogens with zero attached hydrogens (tertiary/aromatic N) is 2. The zero-order valence-electron chi connectivity index (χ0n) is 14.9. The topological polar surface area (TPSA) is 114 Å². The van der Waals surface area contributed by atoms with Gasteiger partial charge in [-0.3, -0.25) is 4.79 Å². The SMILES string of the molecule is CCOC(OCC)c1cc(-n2c(=O)c(N)c(C(F)(F)F)n(N)c2=O)ccc1Cl. The Morgan fingerprint density at radius 1 is 1.18 bits per heavy atom. The maximum absolute atomic E-state index is 13.1. The summed E-state index contributed by atoms with van der Waals surface area (Å²) in [6.07, 6.45) is -6.00. The Morgan fingerprint density at radius 3 is 2.25 bits per heavy atom. The molecule has 12 heteroatoms. The Bertz CT molecular complexity index is 944. The fourth-order valence-electron chi connectivity index (χ4n) is 2.54. The van der Waals surface area contributed by atoms with E-state index in [1.54, 1.807) is 13.8 Å². The molecule has 0 unspecified atom stereocenters. The Hall–Kier alpha value is -2.50. The van der Waals surface area contributed by atoms with Gasteiger partial charge in [-0.15, -0.1) is 0 Å². The van der Waals surface area contributed by atoms with Gasteiger partial charge in [-0.1, -0.05) is 11.6 Å². The average Bonchev–Trinajstić information content (AvgIpc) is 2.60. The lowest BCUT2D eigenvalue weighted by atomic mass is 10.2. The van der Waals surface area contributed by atoms with Gasteiger partial charge in [-0.2, -0.15) is 13.2 Å². The summed E-state index contributed by atoms with van der Waals surface area (Å²) in [5.41, 5.74) is -0.222. The van der Waals surface area contributed by atoms with Crippen LogP contribution in [0.15, 0.2) is 27.8 Å². The van der Waals surface area contributed by atoms with E-state index in [-0.39, 0.29) is 34.2 Å². The minimum atomic E-state index is -5.09. The molecule has 8 nitrogen and oxygen atoms in total. The molecule has 0 fully saturated rings. The molecule has 1 aromatic carbocycles. The van der Waals surface area contributed by atoms with Gasteiger partial charge >= 0.3 is 11.9 Å². The Balaban J connectivity index is 2.75. The monoisotopic (exact) mass is 422 g/mol. The predicted octanol–water partition coefficient (Wildman–Crippen LogP) is 2.04. The summed E-state index contributed by atoms with van der Waals surface area (Å²) < 4.78 is 50.3. The van der Waals surface area contributed by atoms with Gasteiger partial charge in [0.25, 0.3) is 5.56 Å². The van der Waals surface area contributed by atoms with Gasteiger partial charge in [0.1, 0.15) is 5.69 Å². The number of nitrogens with two attached hydrogens (primary N) is 2. The molecule has 0 amide bonds. The maximum atomic E-state index is 13.1. The molecule has 0 atom stereocenters. The molecule has 0 radical (unpaired) electrons. The van der Waals surface area contributed by atoms with Gasteiger partial charge in [0.2, 0.25) is 0 Å². The van der Waals surface area contributed by atoms with Crippen molar-refractivity contribution >= 4 is 17.3 Å². The highest BCUT2D eigenvalue weighted by Gasteiger charge is 2.39. The van der Waals surface area contributed by atoms with Crippen LogP contribution in [0.5, 0.6) is 0 Å². The Morgan fingerprint density at radius 2 is 1.75 bits per heavy atom. The minimum absolute atomic E-state index is 0.0987. The van der Waals surface area contributed by atoms with E-state index in [1.165, 1.54) is 18.2 Å². The molecule has 0 aliphatic heterocycles. The van der Waals surface area contributed by atoms with Crippen molar-refractivity contribution in [2.24, 2.45) is 0 Å². The van der Waals surface area contributed by atoms with Crippen LogP contribution in [-0.4, -0.2) is 22.5 Å². The zero-order valence-corrected chi connectivity index (χ0v) is 15.7. The lowest BCUT2D eigenvalue weighted by molar-refractivity contribution is -0.142. The van der Waals surface area contributed by atoms with Crippen LogP contribution in [-0.2, 0) is 15.7 Å². The second kappa shape index (κ2) is 8.25. The van der Waals surface area contributed by atoms with Gasteiger partial charge in [0, 0.05) is 23.8 Å². The van der Waals surface area contributed by atoms with Crippen molar-refractivity contribution in [1.29, 1.82) is 0 Å². The van der Waals surface area contributed by atoms with Gasteiger partial charge in [-0.05, 0) is 32.0 Å². The van der Waals surface area contributed by atoms with Crippen molar-refractivity contribution in [1.82, 2.24) is 9.24 Å². The van der Waals surface area contributed by atoms with Gasteiger partial charge in [0.15, 0.2) is 12.0 Å². The van der Waals surface area contributed by atoms with E-state index < -0.39 is 35.1 Å². The van der Waals surface area contributed by atoms with Crippen molar-refractivity contribution in [3.63, 3.8) is 0 Å². The largest absolute Gasteiger partial charge is 0.435 e. The van der Waals surface area contributed by atoms with E-state index in [9.17, 15) is 22.8 Å². The van der Waals surface area contributed by atoms with Crippen LogP contribution in [0.25, 0.3) is 5.69 Å². The van der Waals surface area contributed by atoms with E-state index in [0.717, 1.165) is 0 Å². The van der Waals surface area contributed by atoms with E-state index in [4.69, 9.17) is 32.7 Å². The molecule has 4 N–H and O–H groups in total. The summed E-state index contributed by atoms with van der Waals surface area (Å²) in [5.74, 6) is 5.27. The maximum Gasteiger partial charge on any atom is 0.435 e. The summed E-state index contributed by atoms with van der Waals surface area (Å²) in [6, 6.07) is 3.89. The first-order chi connectivity index (χ1) is 13.0. The number of ether oxygens (including phenoxy) is 2. The second-order valence-electron chi connectivity index (χ2n) is 5.50. The molecule has 2 aromatic rings. The fourth-order valence-corrected chi connectivity index (χ4v) is 2.75. The first-order valence-corrected chi connectivity index (χ1v) is 8.45. The fraction of sp³-hybridized carbons (Fsp3) is 0.375. The summed E-state index contributed by atoms with van der Waals surface area (Å²) in [5, 5.41) is 0.205. The van der Waals surface area contributed by atoms with E-state index in [0.29, 0.717) is 4.57 Å². The van der Waals surface area contributed by atoms with Gasteiger partial charge < -0.3 is 21.1 Å². The minimum Gasteiger partial charge on any atom is -0.392 e. The second-order valence-corrected chi connectivity index (χ2v) is 5.91. The lowest BCUT2D eigenvalue weighted by Gasteiger charge is -2.20. The smallest absolute Gasteiger partial charge is 0.392 e. The highest BCUT2D eigenvalue weighted by atomic mass is 35.5. The van der Waals surface area contributed by atoms with Crippen LogP contribution in [0.2, 0.25) is 5.02 Å². The van der Waals surface area contributed by atoms with Crippen LogP contribution < -0.4 is 22.8 Å². The summed E-state index contributed by atoms with van der Waals surface area (Å²) in [6.45, 7) is 3.98. The number of nitrogen functional groups attached to an aromatic ring is 2. The quantitative estimate of drug-likeness (QED) is 0.544. The highest BCUT2D eigenvalue weighted by molar-refractivity contribution is 6.31. The Kier molecular flexibility index (Phi) is 6.42. The third kappa shape index (κ3) is 4.01. The Labute approximate surface area is 162 Å².